The van der Waals surface area contributed by atoms with Crippen LogP contribution in [0, 0.1) is 5.92 Å². The van der Waals surface area contributed by atoms with Crippen LogP contribution in [-0.4, -0.2) is 50.5 Å². The molecule has 2 aromatic heterocycles. The molecular formula is C17H18FN5O2. The summed E-state index contributed by atoms with van der Waals surface area (Å²) in [6.07, 6.45) is 7.82. The highest BCUT2D eigenvalue weighted by atomic mass is 19.1. The van der Waals surface area contributed by atoms with Gasteiger partial charge in [-0.2, -0.15) is 5.10 Å². The fourth-order valence-electron chi connectivity index (χ4n) is 3.73. The van der Waals surface area contributed by atoms with Gasteiger partial charge in [0.05, 0.1) is 18.5 Å². The smallest absolute Gasteiger partial charge is 0.341 e. The zero-order valence-electron chi connectivity index (χ0n) is 13.7. The van der Waals surface area contributed by atoms with Crippen LogP contribution in [-0.2, 0) is 0 Å². The Labute approximate surface area is 143 Å². The standard InChI is InChI=1S/C17H18FN5O2/c1-10-12(7-11(18)8-19-10)14-3-2-5-22(14)15-4-6-23-16(21-15)13(9-20-23)17(24)25/h4,6-10,12,14H,2-3,5H2,1H3,(H,24,25)/t10?,12?,14-/m1/s1. The fraction of sp³-hybridized carbons (Fsp3) is 0.412. The number of anilines is 1. The molecular weight excluding hydrogens is 325 g/mol. The van der Waals surface area contributed by atoms with E-state index >= 15 is 0 Å². The van der Waals surface area contributed by atoms with Crippen molar-refractivity contribution in [3.63, 3.8) is 0 Å². The molecule has 8 heteroatoms. The topological polar surface area (TPSA) is 83.1 Å². The lowest BCUT2D eigenvalue weighted by Gasteiger charge is -2.34. The lowest BCUT2D eigenvalue weighted by atomic mass is 9.89. The van der Waals surface area contributed by atoms with Gasteiger partial charge >= 0.3 is 5.97 Å². The van der Waals surface area contributed by atoms with Crippen molar-refractivity contribution >= 4 is 23.6 Å². The Morgan fingerprint density at radius 2 is 2.28 bits per heavy atom. The molecule has 25 heavy (non-hydrogen) atoms. The molecule has 1 saturated heterocycles. The number of allylic oxidation sites excluding steroid dienone is 1. The molecule has 1 fully saturated rings. The minimum absolute atomic E-state index is 0.00150. The summed E-state index contributed by atoms with van der Waals surface area (Å²) in [6.45, 7) is 2.78. The van der Waals surface area contributed by atoms with Gasteiger partial charge < -0.3 is 10.0 Å². The van der Waals surface area contributed by atoms with Gasteiger partial charge in [0, 0.05) is 24.7 Å². The van der Waals surface area contributed by atoms with E-state index in [9.17, 15) is 14.3 Å². The third kappa shape index (κ3) is 2.67. The predicted molar refractivity (Wildman–Crippen MR) is 90.9 cm³/mol. The largest absolute Gasteiger partial charge is 0.477 e. The van der Waals surface area contributed by atoms with Gasteiger partial charge in [0.1, 0.15) is 17.2 Å². The summed E-state index contributed by atoms with van der Waals surface area (Å²) in [5.41, 5.74) is 0.381. The third-order valence-corrected chi connectivity index (χ3v) is 4.96. The lowest BCUT2D eigenvalue weighted by molar-refractivity contribution is 0.0699. The van der Waals surface area contributed by atoms with Crippen LogP contribution in [0.25, 0.3) is 5.65 Å². The van der Waals surface area contributed by atoms with Crippen molar-refractivity contribution in [2.24, 2.45) is 10.9 Å². The SMILES string of the molecule is CC1N=CC(F)=CC1[C@H]1CCCN1c1ccn2ncc(C(=O)O)c2n1. The predicted octanol–water partition coefficient (Wildman–Crippen LogP) is 2.34. The van der Waals surface area contributed by atoms with Gasteiger partial charge in [0.2, 0.25) is 0 Å². The summed E-state index contributed by atoms with van der Waals surface area (Å²) in [5.74, 6) is -0.705. The second-order valence-corrected chi connectivity index (χ2v) is 6.47. The van der Waals surface area contributed by atoms with E-state index in [-0.39, 0.29) is 29.4 Å². The van der Waals surface area contributed by atoms with Crippen LogP contribution >= 0.6 is 0 Å². The number of hydrogen-bond acceptors (Lipinski definition) is 5. The number of carboxylic acid groups (broad SMARTS) is 1. The first-order valence-electron chi connectivity index (χ1n) is 8.29. The second-order valence-electron chi connectivity index (χ2n) is 6.47. The molecule has 4 rings (SSSR count). The number of carbonyl (C=O) groups is 1. The molecule has 4 heterocycles. The Kier molecular flexibility index (Phi) is 3.74. The Hall–Kier alpha value is -2.77. The fourth-order valence-corrected chi connectivity index (χ4v) is 3.73. The van der Waals surface area contributed by atoms with Crippen LogP contribution in [0.5, 0.6) is 0 Å². The van der Waals surface area contributed by atoms with Crippen molar-refractivity contribution < 1.29 is 14.3 Å². The molecule has 0 saturated carbocycles. The van der Waals surface area contributed by atoms with Gasteiger partial charge in [-0.05, 0) is 31.9 Å². The number of aliphatic imine (C=N–C) groups is 1. The maximum absolute atomic E-state index is 13.7. The van der Waals surface area contributed by atoms with Crippen molar-refractivity contribution in [1.29, 1.82) is 0 Å². The second kappa shape index (κ2) is 5.94. The van der Waals surface area contributed by atoms with E-state index in [1.54, 1.807) is 12.3 Å². The Balaban J connectivity index is 1.71. The number of hydrogen-bond donors (Lipinski definition) is 1. The number of carboxylic acids is 1. The number of dihydropyridines is 1. The van der Waals surface area contributed by atoms with E-state index in [0.29, 0.717) is 11.5 Å². The quantitative estimate of drug-likeness (QED) is 0.925. The Morgan fingerprint density at radius 3 is 3.08 bits per heavy atom. The summed E-state index contributed by atoms with van der Waals surface area (Å²) >= 11 is 0. The first-order valence-corrected chi connectivity index (χ1v) is 8.29. The molecule has 2 aliphatic rings. The molecule has 0 bridgehead atoms. The number of aromatic carboxylic acids is 1. The summed E-state index contributed by atoms with van der Waals surface area (Å²) in [6, 6.07) is 1.91. The number of rotatable bonds is 3. The minimum Gasteiger partial charge on any atom is -0.477 e. The van der Waals surface area contributed by atoms with E-state index in [4.69, 9.17) is 0 Å². The van der Waals surface area contributed by atoms with E-state index in [0.717, 1.165) is 19.4 Å². The van der Waals surface area contributed by atoms with E-state index < -0.39 is 5.97 Å². The first-order chi connectivity index (χ1) is 12.0. The molecule has 0 amide bonds. The third-order valence-electron chi connectivity index (χ3n) is 4.96. The Bertz CT molecular complexity index is 890. The summed E-state index contributed by atoms with van der Waals surface area (Å²) < 4.78 is 15.1. The normalized spacial score (nSPS) is 26.2. The molecule has 0 spiro atoms. The summed E-state index contributed by atoms with van der Waals surface area (Å²) in [5, 5.41) is 13.3. The molecule has 130 valence electrons. The van der Waals surface area contributed by atoms with Crippen LogP contribution in [0.4, 0.5) is 10.2 Å². The molecule has 3 atom stereocenters. The first kappa shape index (κ1) is 15.7. The molecule has 0 radical (unpaired) electrons. The molecule has 2 aromatic rings. The zero-order chi connectivity index (χ0) is 17.6. The van der Waals surface area contributed by atoms with Crippen molar-refractivity contribution in [3.05, 3.63) is 35.9 Å². The van der Waals surface area contributed by atoms with Gasteiger partial charge in [-0.1, -0.05) is 0 Å². The van der Waals surface area contributed by atoms with Crippen molar-refractivity contribution in [1.82, 2.24) is 14.6 Å². The van der Waals surface area contributed by atoms with Gasteiger partial charge in [-0.3, -0.25) is 4.99 Å². The number of aromatic nitrogens is 3. The zero-order valence-corrected chi connectivity index (χ0v) is 13.7. The van der Waals surface area contributed by atoms with Crippen LogP contribution in [0.1, 0.15) is 30.1 Å². The molecule has 7 nitrogen and oxygen atoms in total. The van der Waals surface area contributed by atoms with Crippen LogP contribution in [0.15, 0.2) is 35.4 Å². The van der Waals surface area contributed by atoms with Crippen molar-refractivity contribution in [2.75, 3.05) is 11.4 Å². The summed E-state index contributed by atoms with van der Waals surface area (Å²) in [7, 11) is 0. The van der Waals surface area contributed by atoms with Crippen molar-refractivity contribution in [3.8, 4) is 0 Å². The molecule has 0 aromatic carbocycles. The minimum atomic E-state index is -1.06. The maximum atomic E-state index is 13.7. The van der Waals surface area contributed by atoms with E-state index in [1.165, 1.54) is 16.9 Å². The van der Waals surface area contributed by atoms with Gasteiger partial charge in [0.15, 0.2) is 5.65 Å². The highest BCUT2D eigenvalue weighted by Gasteiger charge is 2.36. The maximum Gasteiger partial charge on any atom is 0.341 e. The monoisotopic (exact) mass is 343 g/mol. The Morgan fingerprint density at radius 1 is 1.44 bits per heavy atom. The number of nitrogens with zero attached hydrogens (tertiary/aromatic N) is 5. The summed E-state index contributed by atoms with van der Waals surface area (Å²) in [4.78, 5) is 22.2. The van der Waals surface area contributed by atoms with Crippen molar-refractivity contribution in [2.45, 2.75) is 31.8 Å². The van der Waals surface area contributed by atoms with Crippen LogP contribution < -0.4 is 4.90 Å². The van der Waals surface area contributed by atoms with Crippen LogP contribution in [0.3, 0.4) is 0 Å². The molecule has 0 aliphatic carbocycles. The number of halogens is 1. The van der Waals surface area contributed by atoms with E-state index in [2.05, 4.69) is 20.0 Å². The van der Waals surface area contributed by atoms with Gasteiger partial charge in [0.25, 0.3) is 0 Å². The van der Waals surface area contributed by atoms with Crippen LogP contribution in [0.2, 0.25) is 0 Å². The van der Waals surface area contributed by atoms with Gasteiger partial charge in [-0.25, -0.2) is 18.7 Å². The average Bonchev–Trinajstić information content (AvgIpc) is 3.22. The highest BCUT2D eigenvalue weighted by molar-refractivity contribution is 5.94. The molecule has 2 aliphatic heterocycles. The number of fused-ring (bicyclic) bond motifs is 1. The molecule has 2 unspecified atom stereocenters. The van der Waals surface area contributed by atoms with E-state index in [1.807, 2.05) is 13.0 Å². The highest BCUT2D eigenvalue weighted by Crippen LogP contribution is 2.34. The average molecular weight is 343 g/mol. The lowest BCUT2D eigenvalue weighted by Crippen LogP contribution is -2.40. The van der Waals surface area contributed by atoms with Gasteiger partial charge in [-0.15, -0.1) is 0 Å². The molecule has 1 N–H and O–H groups in total.